The van der Waals surface area contributed by atoms with Crippen LogP contribution in [0, 0.1) is 13.8 Å². The lowest BCUT2D eigenvalue weighted by atomic mass is 9.92. The molecule has 0 radical (unpaired) electrons. The maximum absolute atomic E-state index is 2.30. The fourth-order valence-corrected chi connectivity index (χ4v) is 4.93. The van der Waals surface area contributed by atoms with Crippen molar-refractivity contribution in [3.8, 4) is 0 Å². The molecule has 21 heavy (non-hydrogen) atoms. The van der Waals surface area contributed by atoms with E-state index in [1.54, 1.807) is 0 Å². The summed E-state index contributed by atoms with van der Waals surface area (Å²) in [5.41, 5.74) is 2.78. The summed E-state index contributed by atoms with van der Waals surface area (Å²) in [7, 11) is 0. The van der Waals surface area contributed by atoms with Gasteiger partial charge in [0, 0.05) is 20.2 Å². The molecule has 1 aromatic heterocycles. The smallest absolute Gasteiger partial charge is 0.0391 e. The van der Waals surface area contributed by atoms with E-state index in [1.807, 2.05) is 11.3 Å². The van der Waals surface area contributed by atoms with E-state index < -0.39 is 0 Å². The van der Waals surface area contributed by atoms with Gasteiger partial charge in [-0.3, -0.25) is 0 Å². The molecule has 100 valence electrons. The SMILES string of the molecule is Cc1ccc2c3ccccc3c3ccc(C)c4sc1c2c43. The van der Waals surface area contributed by atoms with Crippen molar-refractivity contribution in [3.05, 3.63) is 59.7 Å². The minimum absolute atomic E-state index is 1.37. The maximum atomic E-state index is 2.30. The van der Waals surface area contributed by atoms with E-state index in [0.29, 0.717) is 0 Å². The number of aryl methyl sites for hydroxylation is 2. The lowest BCUT2D eigenvalue weighted by Gasteiger charge is -2.10. The van der Waals surface area contributed by atoms with E-state index in [4.69, 9.17) is 0 Å². The number of fused-ring (bicyclic) bond motifs is 3. The van der Waals surface area contributed by atoms with E-state index >= 15 is 0 Å². The number of thiophene rings is 1. The Bertz CT molecular complexity index is 1050. The Balaban J connectivity index is 2.31. The van der Waals surface area contributed by atoms with Gasteiger partial charge in [0.25, 0.3) is 0 Å². The Hall–Kier alpha value is -2.12. The van der Waals surface area contributed by atoms with E-state index in [0.717, 1.165) is 0 Å². The predicted octanol–water partition coefficient (Wildman–Crippen LogP) is 6.42. The normalized spacial score (nSPS) is 12.3. The van der Waals surface area contributed by atoms with Gasteiger partial charge in [-0.05, 0) is 46.5 Å². The van der Waals surface area contributed by atoms with Gasteiger partial charge in [-0.2, -0.15) is 0 Å². The van der Waals surface area contributed by atoms with E-state index in [1.165, 1.54) is 52.8 Å². The Morgan fingerprint density at radius 1 is 0.571 bits per heavy atom. The number of hydrogen-bond donors (Lipinski definition) is 0. The maximum Gasteiger partial charge on any atom is 0.0391 e. The van der Waals surface area contributed by atoms with Crippen molar-refractivity contribution in [1.29, 1.82) is 0 Å². The van der Waals surface area contributed by atoms with Crippen LogP contribution >= 0.6 is 11.3 Å². The van der Waals surface area contributed by atoms with Gasteiger partial charge in [0.05, 0.1) is 0 Å². The second kappa shape index (κ2) is 3.75. The van der Waals surface area contributed by atoms with Crippen LogP contribution in [0.5, 0.6) is 0 Å². The largest absolute Gasteiger partial charge is 0.135 e. The van der Waals surface area contributed by atoms with E-state index in [2.05, 4.69) is 62.4 Å². The quantitative estimate of drug-likeness (QED) is 0.288. The molecule has 1 heteroatoms. The summed E-state index contributed by atoms with van der Waals surface area (Å²) in [4.78, 5) is 0. The first-order valence-corrected chi connectivity index (χ1v) is 8.12. The minimum Gasteiger partial charge on any atom is -0.135 e. The summed E-state index contributed by atoms with van der Waals surface area (Å²) in [6, 6.07) is 17.9. The topological polar surface area (TPSA) is 0 Å². The molecule has 0 atom stereocenters. The summed E-state index contributed by atoms with van der Waals surface area (Å²) in [5, 5.41) is 8.48. The Morgan fingerprint density at radius 2 is 1.05 bits per heavy atom. The zero-order valence-corrected chi connectivity index (χ0v) is 12.8. The van der Waals surface area contributed by atoms with Gasteiger partial charge in [-0.1, -0.05) is 48.5 Å². The van der Waals surface area contributed by atoms with Crippen LogP contribution in [0.1, 0.15) is 11.1 Å². The summed E-state index contributed by atoms with van der Waals surface area (Å²) in [5.74, 6) is 0. The highest BCUT2D eigenvalue weighted by Gasteiger charge is 2.17. The fraction of sp³-hybridized carbons (Fsp3) is 0.100. The van der Waals surface area contributed by atoms with Crippen molar-refractivity contribution in [2.24, 2.45) is 0 Å². The van der Waals surface area contributed by atoms with Gasteiger partial charge in [-0.25, -0.2) is 0 Å². The first kappa shape index (κ1) is 11.5. The Kier molecular flexibility index (Phi) is 2.06. The molecule has 5 rings (SSSR count). The highest BCUT2D eigenvalue weighted by Crippen LogP contribution is 2.46. The van der Waals surface area contributed by atoms with E-state index in [-0.39, 0.29) is 0 Å². The van der Waals surface area contributed by atoms with Gasteiger partial charge in [0.15, 0.2) is 0 Å². The molecule has 0 nitrogen and oxygen atoms in total. The van der Waals surface area contributed by atoms with Gasteiger partial charge >= 0.3 is 0 Å². The summed E-state index contributed by atoms with van der Waals surface area (Å²) in [6.07, 6.45) is 0. The van der Waals surface area contributed by atoms with Crippen LogP contribution in [0.2, 0.25) is 0 Å². The summed E-state index contributed by atoms with van der Waals surface area (Å²) >= 11 is 1.95. The average Bonchev–Trinajstić information content (AvgIpc) is 2.92. The average molecular weight is 286 g/mol. The second-order valence-electron chi connectivity index (χ2n) is 5.92. The van der Waals surface area contributed by atoms with Crippen molar-refractivity contribution in [2.75, 3.05) is 0 Å². The van der Waals surface area contributed by atoms with Crippen LogP contribution < -0.4 is 0 Å². The van der Waals surface area contributed by atoms with Crippen LogP contribution in [0.3, 0.4) is 0 Å². The third-order valence-electron chi connectivity index (χ3n) is 4.67. The monoisotopic (exact) mass is 286 g/mol. The van der Waals surface area contributed by atoms with Gasteiger partial charge < -0.3 is 0 Å². The lowest BCUT2D eigenvalue weighted by Crippen LogP contribution is -1.83. The molecule has 0 spiro atoms. The standard InChI is InChI=1S/C20H14S/c1-11-7-9-15-13-5-3-4-6-14(13)16-10-8-12(2)20-18(16)17(15)19(11)21-20/h3-10H,1-2H3. The fourth-order valence-electron chi connectivity index (χ4n) is 3.64. The molecule has 0 fully saturated rings. The zero-order chi connectivity index (χ0) is 14.1. The molecule has 1 heterocycles. The van der Waals surface area contributed by atoms with E-state index in [9.17, 15) is 0 Å². The second-order valence-corrected chi connectivity index (χ2v) is 6.94. The third-order valence-corrected chi connectivity index (χ3v) is 6.13. The minimum atomic E-state index is 1.37. The van der Waals surface area contributed by atoms with Crippen molar-refractivity contribution >= 4 is 53.1 Å². The van der Waals surface area contributed by atoms with Crippen molar-refractivity contribution in [2.45, 2.75) is 13.8 Å². The highest BCUT2D eigenvalue weighted by atomic mass is 32.1. The molecule has 0 N–H and O–H groups in total. The molecule has 0 aliphatic carbocycles. The van der Waals surface area contributed by atoms with Gasteiger partial charge in [0.2, 0.25) is 0 Å². The molecular formula is C20H14S. The van der Waals surface area contributed by atoms with Crippen LogP contribution in [0.4, 0.5) is 0 Å². The molecule has 0 amide bonds. The Morgan fingerprint density at radius 3 is 1.52 bits per heavy atom. The van der Waals surface area contributed by atoms with Gasteiger partial charge in [0.1, 0.15) is 0 Å². The molecule has 0 saturated carbocycles. The molecule has 5 aromatic rings. The third kappa shape index (κ3) is 1.30. The summed E-state index contributed by atoms with van der Waals surface area (Å²) < 4.78 is 2.90. The molecule has 4 aromatic carbocycles. The highest BCUT2D eigenvalue weighted by molar-refractivity contribution is 7.26. The molecular weight excluding hydrogens is 272 g/mol. The number of hydrogen-bond acceptors (Lipinski definition) is 1. The first-order chi connectivity index (χ1) is 10.3. The Labute approximate surface area is 127 Å². The van der Waals surface area contributed by atoms with Crippen molar-refractivity contribution in [1.82, 2.24) is 0 Å². The zero-order valence-electron chi connectivity index (χ0n) is 12.0. The first-order valence-electron chi connectivity index (χ1n) is 7.31. The molecule has 0 unspecified atom stereocenters. The molecule has 0 aliphatic rings. The predicted molar refractivity (Wildman–Crippen MR) is 95.0 cm³/mol. The number of benzene rings is 4. The number of rotatable bonds is 0. The summed E-state index contributed by atoms with van der Waals surface area (Å²) in [6.45, 7) is 4.45. The van der Waals surface area contributed by atoms with Crippen molar-refractivity contribution in [3.63, 3.8) is 0 Å². The van der Waals surface area contributed by atoms with Gasteiger partial charge in [-0.15, -0.1) is 11.3 Å². The van der Waals surface area contributed by atoms with Crippen LogP contribution in [0.15, 0.2) is 48.5 Å². The molecule has 0 aliphatic heterocycles. The van der Waals surface area contributed by atoms with Crippen LogP contribution in [-0.2, 0) is 0 Å². The van der Waals surface area contributed by atoms with Crippen LogP contribution in [-0.4, -0.2) is 0 Å². The van der Waals surface area contributed by atoms with Crippen LogP contribution in [0.25, 0.3) is 41.7 Å². The lowest BCUT2D eigenvalue weighted by molar-refractivity contribution is 1.57. The molecule has 0 saturated heterocycles. The molecule has 0 bridgehead atoms. The van der Waals surface area contributed by atoms with Crippen molar-refractivity contribution < 1.29 is 0 Å².